The van der Waals surface area contributed by atoms with E-state index < -0.39 is 0 Å². The normalized spacial score (nSPS) is 10.4. The van der Waals surface area contributed by atoms with Crippen LogP contribution in [0.15, 0.2) is 49.3 Å². The fourth-order valence-corrected chi connectivity index (χ4v) is 3.40. The average Bonchev–Trinajstić information content (AvgIpc) is 2.62. The highest BCUT2D eigenvalue weighted by atomic mass is 79.9. The molecule has 0 saturated carbocycles. The lowest BCUT2D eigenvalue weighted by Crippen LogP contribution is -1.84. The van der Waals surface area contributed by atoms with Gasteiger partial charge in [-0.15, -0.1) is 11.3 Å². The molecule has 1 aromatic carbocycles. The summed E-state index contributed by atoms with van der Waals surface area (Å²) in [6.45, 7) is 0. The van der Waals surface area contributed by atoms with Crippen LogP contribution in [0.3, 0.4) is 0 Å². The molecule has 0 atom stereocenters. The Hall–Kier alpha value is -0.450. The van der Waals surface area contributed by atoms with Crippen LogP contribution in [-0.2, 0) is 0 Å². The molecule has 1 nitrogen and oxygen atoms in total. The molecule has 2 aromatic rings. The van der Waals surface area contributed by atoms with Crippen LogP contribution in [0.1, 0.15) is 0 Å². The van der Waals surface area contributed by atoms with E-state index in [9.17, 15) is 0 Å². The monoisotopic (exact) mass is 285 g/mol. The van der Waals surface area contributed by atoms with Gasteiger partial charge in [0.25, 0.3) is 0 Å². The summed E-state index contributed by atoms with van der Waals surface area (Å²) in [5.74, 6) is 0. The Morgan fingerprint density at radius 1 is 1.29 bits per heavy atom. The predicted octanol–water partition coefficient (Wildman–Crippen LogP) is 4.24. The first-order chi connectivity index (χ1) is 6.75. The lowest BCUT2D eigenvalue weighted by Gasteiger charge is -2.02. The van der Waals surface area contributed by atoms with Crippen LogP contribution < -0.4 is 5.73 Å². The number of hydrogen-bond donors (Lipinski definition) is 1. The number of benzene rings is 1. The van der Waals surface area contributed by atoms with E-state index in [1.807, 2.05) is 18.2 Å². The van der Waals surface area contributed by atoms with E-state index in [-0.39, 0.29) is 0 Å². The van der Waals surface area contributed by atoms with Gasteiger partial charge in [0.15, 0.2) is 0 Å². The van der Waals surface area contributed by atoms with Crippen molar-refractivity contribution in [1.29, 1.82) is 0 Å². The van der Waals surface area contributed by atoms with Crippen LogP contribution in [0.25, 0.3) is 0 Å². The molecule has 0 unspecified atom stereocenters. The third-order valence-corrected chi connectivity index (χ3v) is 4.69. The second-order valence-electron chi connectivity index (χ2n) is 2.72. The largest absolute Gasteiger partial charge is 0.399 e. The third-order valence-electron chi connectivity index (χ3n) is 1.66. The molecular weight excluding hydrogens is 278 g/mol. The minimum Gasteiger partial charge on any atom is -0.399 e. The van der Waals surface area contributed by atoms with E-state index in [4.69, 9.17) is 5.73 Å². The minimum atomic E-state index is 0.785. The van der Waals surface area contributed by atoms with Gasteiger partial charge in [-0.25, -0.2) is 0 Å². The summed E-state index contributed by atoms with van der Waals surface area (Å²) in [4.78, 5) is 1.20. The van der Waals surface area contributed by atoms with Crippen LogP contribution in [0.2, 0.25) is 0 Å². The summed E-state index contributed by atoms with van der Waals surface area (Å²) in [5, 5.41) is 2.08. The molecule has 14 heavy (non-hydrogen) atoms. The van der Waals surface area contributed by atoms with E-state index in [2.05, 4.69) is 33.4 Å². The Balaban J connectivity index is 2.25. The van der Waals surface area contributed by atoms with Crippen molar-refractivity contribution in [2.45, 2.75) is 9.10 Å². The first-order valence-electron chi connectivity index (χ1n) is 4.02. The molecule has 0 saturated heterocycles. The number of halogens is 1. The lowest BCUT2D eigenvalue weighted by atomic mass is 10.3. The van der Waals surface area contributed by atoms with E-state index in [0.29, 0.717) is 0 Å². The second kappa shape index (κ2) is 4.38. The molecule has 0 amide bonds. The van der Waals surface area contributed by atoms with Crippen LogP contribution in [0.5, 0.6) is 0 Å². The number of hydrogen-bond acceptors (Lipinski definition) is 3. The molecule has 0 aliphatic carbocycles. The fourth-order valence-electron chi connectivity index (χ4n) is 1.03. The number of thiophene rings is 1. The zero-order chi connectivity index (χ0) is 9.97. The van der Waals surface area contributed by atoms with Crippen molar-refractivity contribution in [1.82, 2.24) is 0 Å². The molecule has 0 spiro atoms. The number of nitrogens with two attached hydrogens (primary N) is 1. The van der Waals surface area contributed by atoms with Gasteiger partial charge in [-0.05, 0) is 45.6 Å². The molecule has 1 heterocycles. The first kappa shape index (κ1) is 10.1. The zero-order valence-electron chi connectivity index (χ0n) is 7.24. The summed E-state index contributed by atoms with van der Waals surface area (Å²) < 4.78 is 2.34. The Bertz CT molecular complexity index is 426. The molecule has 2 N–H and O–H groups in total. The molecule has 4 heteroatoms. The van der Waals surface area contributed by atoms with Gasteiger partial charge in [-0.3, -0.25) is 0 Å². The van der Waals surface area contributed by atoms with Gasteiger partial charge < -0.3 is 5.73 Å². The van der Waals surface area contributed by atoms with Gasteiger partial charge in [0.1, 0.15) is 0 Å². The van der Waals surface area contributed by atoms with Gasteiger partial charge >= 0.3 is 0 Å². The Morgan fingerprint density at radius 3 is 2.79 bits per heavy atom. The summed E-state index contributed by atoms with van der Waals surface area (Å²) in [6.07, 6.45) is 0. The summed E-state index contributed by atoms with van der Waals surface area (Å²) in [6, 6.07) is 10.0. The van der Waals surface area contributed by atoms with E-state index in [1.54, 1.807) is 23.1 Å². The molecule has 0 aliphatic heterocycles. The first-order valence-corrected chi connectivity index (χ1v) is 6.51. The molecule has 2 rings (SSSR count). The summed E-state index contributed by atoms with van der Waals surface area (Å²) in [5.41, 5.74) is 6.45. The fraction of sp³-hybridized carbons (Fsp3) is 0. The van der Waals surface area contributed by atoms with Gasteiger partial charge in [0.2, 0.25) is 0 Å². The lowest BCUT2D eigenvalue weighted by molar-refractivity contribution is 1.40. The van der Waals surface area contributed by atoms with Crippen LogP contribution in [0.4, 0.5) is 5.69 Å². The highest BCUT2D eigenvalue weighted by Crippen LogP contribution is 2.36. The maximum Gasteiger partial charge on any atom is 0.0646 e. The predicted molar refractivity (Wildman–Crippen MR) is 67.0 cm³/mol. The Morgan fingerprint density at radius 2 is 2.14 bits per heavy atom. The van der Waals surface area contributed by atoms with Gasteiger partial charge in [-0.1, -0.05) is 17.8 Å². The third kappa shape index (κ3) is 2.32. The van der Waals surface area contributed by atoms with Crippen LogP contribution in [0, 0.1) is 0 Å². The van der Waals surface area contributed by atoms with Gasteiger partial charge in [0.05, 0.1) is 4.21 Å². The minimum absolute atomic E-state index is 0.785. The summed E-state index contributed by atoms with van der Waals surface area (Å²) in [7, 11) is 0. The maximum absolute atomic E-state index is 5.66. The molecular formula is C10H8BrNS2. The second-order valence-corrected chi connectivity index (χ2v) is 5.87. The molecule has 1 aromatic heterocycles. The molecule has 0 aliphatic rings. The average molecular weight is 286 g/mol. The highest BCUT2D eigenvalue weighted by molar-refractivity contribution is 9.10. The SMILES string of the molecule is Nc1ccc(Sc2cccs2)c(Br)c1. The van der Waals surface area contributed by atoms with Crippen molar-refractivity contribution in [3.63, 3.8) is 0 Å². The number of rotatable bonds is 2. The zero-order valence-corrected chi connectivity index (χ0v) is 10.5. The topological polar surface area (TPSA) is 26.0 Å². The van der Waals surface area contributed by atoms with Gasteiger partial charge in [-0.2, -0.15) is 0 Å². The van der Waals surface area contributed by atoms with E-state index in [1.165, 1.54) is 9.10 Å². The van der Waals surface area contributed by atoms with Crippen molar-refractivity contribution in [3.05, 3.63) is 40.2 Å². The molecule has 0 bridgehead atoms. The summed E-state index contributed by atoms with van der Waals surface area (Å²) >= 11 is 6.98. The molecule has 72 valence electrons. The highest BCUT2D eigenvalue weighted by Gasteiger charge is 2.02. The van der Waals surface area contributed by atoms with Crippen LogP contribution in [-0.4, -0.2) is 0 Å². The Kier molecular flexibility index (Phi) is 3.15. The van der Waals surface area contributed by atoms with E-state index in [0.717, 1.165) is 10.2 Å². The molecule has 0 fully saturated rings. The molecule has 0 radical (unpaired) electrons. The smallest absolute Gasteiger partial charge is 0.0646 e. The van der Waals surface area contributed by atoms with Crippen molar-refractivity contribution in [2.24, 2.45) is 0 Å². The van der Waals surface area contributed by atoms with Crippen molar-refractivity contribution in [3.8, 4) is 0 Å². The van der Waals surface area contributed by atoms with E-state index >= 15 is 0 Å². The van der Waals surface area contributed by atoms with Crippen molar-refractivity contribution in [2.75, 3.05) is 5.73 Å². The number of nitrogen functional groups attached to an aromatic ring is 1. The van der Waals surface area contributed by atoms with Crippen molar-refractivity contribution >= 4 is 44.7 Å². The van der Waals surface area contributed by atoms with Gasteiger partial charge in [0, 0.05) is 15.1 Å². The van der Waals surface area contributed by atoms with Crippen LogP contribution >= 0.6 is 39.0 Å². The maximum atomic E-state index is 5.66. The Labute approximate surface area is 99.5 Å². The standard InChI is InChI=1S/C10H8BrNS2/c11-8-6-7(12)3-4-9(8)14-10-2-1-5-13-10/h1-6H,12H2. The quantitative estimate of drug-likeness (QED) is 0.835. The number of anilines is 1. The van der Waals surface area contributed by atoms with Crippen molar-refractivity contribution < 1.29 is 0 Å².